The van der Waals surface area contributed by atoms with E-state index in [0.717, 1.165) is 0 Å². The molecule has 0 radical (unpaired) electrons. The molecule has 0 aliphatic rings. The fourth-order valence-electron chi connectivity index (χ4n) is 0.999. The second kappa shape index (κ2) is 5.30. The summed E-state index contributed by atoms with van der Waals surface area (Å²) in [4.78, 5) is 0. The predicted octanol–water partition coefficient (Wildman–Crippen LogP) is 2.58. The normalized spacial score (nSPS) is 13.6. The molecule has 0 saturated heterocycles. The Morgan fingerprint density at radius 1 is 1.47 bits per heavy atom. The van der Waals surface area contributed by atoms with Crippen LogP contribution in [0.1, 0.15) is 31.9 Å². The minimum Gasteiger partial charge on any atom is -0.591 e. The van der Waals surface area contributed by atoms with Gasteiger partial charge in [0.2, 0.25) is 0 Å². The van der Waals surface area contributed by atoms with Crippen molar-refractivity contribution in [2.45, 2.75) is 25.5 Å². The smallest absolute Gasteiger partial charge is 0.149 e. The van der Waals surface area contributed by atoms with Crippen molar-refractivity contribution < 1.29 is 8.94 Å². The molecule has 0 aromatic heterocycles. The van der Waals surface area contributed by atoms with Crippen molar-refractivity contribution in [3.63, 3.8) is 0 Å². The standard InChI is InChI=1S/C12H13FN2OS/c1-12(2,3)17(16)15-8-10-6-4-5-9(7-14)11(10)13/h4-6,8H,1-3H3/b15-8+/t17-/m0/s1. The zero-order chi connectivity index (χ0) is 13.1. The minimum atomic E-state index is -1.43. The van der Waals surface area contributed by atoms with Crippen molar-refractivity contribution >= 4 is 17.6 Å². The largest absolute Gasteiger partial charge is 0.591 e. The molecule has 3 nitrogen and oxygen atoms in total. The number of nitrogens with zero attached hydrogens (tertiary/aromatic N) is 2. The lowest BCUT2D eigenvalue weighted by atomic mass is 10.1. The Balaban J connectivity index is 2.98. The van der Waals surface area contributed by atoms with Gasteiger partial charge < -0.3 is 4.55 Å². The quantitative estimate of drug-likeness (QED) is 0.600. The van der Waals surface area contributed by atoms with E-state index in [4.69, 9.17) is 5.26 Å². The average molecular weight is 252 g/mol. The van der Waals surface area contributed by atoms with Crippen LogP contribution in [0, 0.1) is 17.1 Å². The Hall–Kier alpha value is -1.38. The third-order valence-electron chi connectivity index (χ3n) is 1.96. The monoisotopic (exact) mass is 252 g/mol. The van der Waals surface area contributed by atoms with E-state index in [9.17, 15) is 8.94 Å². The van der Waals surface area contributed by atoms with Crippen LogP contribution in [0.4, 0.5) is 4.39 Å². The van der Waals surface area contributed by atoms with Gasteiger partial charge in [0.15, 0.2) is 0 Å². The van der Waals surface area contributed by atoms with Crippen molar-refractivity contribution in [1.82, 2.24) is 0 Å². The Morgan fingerprint density at radius 2 is 2.12 bits per heavy atom. The highest BCUT2D eigenvalue weighted by atomic mass is 32.2. The number of benzene rings is 1. The molecule has 0 N–H and O–H groups in total. The van der Waals surface area contributed by atoms with Gasteiger partial charge in [0.1, 0.15) is 28.0 Å². The second-order valence-electron chi connectivity index (χ2n) is 4.42. The van der Waals surface area contributed by atoms with Crippen molar-refractivity contribution in [2.75, 3.05) is 0 Å². The minimum absolute atomic E-state index is 0.0458. The maximum Gasteiger partial charge on any atom is 0.149 e. The number of hydrogen-bond donors (Lipinski definition) is 0. The average Bonchev–Trinajstić information content (AvgIpc) is 2.26. The van der Waals surface area contributed by atoms with Gasteiger partial charge in [-0.05, 0) is 26.8 Å². The highest BCUT2D eigenvalue weighted by Gasteiger charge is 2.25. The fourth-order valence-corrected chi connectivity index (χ4v) is 1.52. The molecule has 1 aromatic rings. The van der Waals surface area contributed by atoms with Crippen LogP contribution in [0.25, 0.3) is 0 Å². The van der Waals surface area contributed by atoms with E-state index < -0.39 is 21.9 Å². The number of rotatable bonds is 2. The molecule has 1 atom stereocenters. The number of hydrogen-bond acceptors (Lipinski definition) is 3. The van der Waals surface area contributed by atoms with Gasteiger partial charge in [-0.3, -0.25) is 0 Å². The van der Waals surface area contributed by atoms with Crippen LogP contribution >= 0.6 is 0 Å². The van der Waals surface area contributed by atoms with E-state index in [2.05, 4.69) is 4.40 Å². The van der Waals surface area contributed by atoms with Crippen LogP contribution in [0.15, 0.2) is 22.6 Å². The number of nitriles is 1. The van der Waals surface area contributed by atoms with Gasteiger partial charge in [-0.15, -0.1) is 0 Å². The molecule has 5 heteroatoms. The summed E-state index contributed by atoms with van der Waals surface area (Å²) < 4.78 is 28.5. The van der Waals surface area contributed by atoms with Gasteiger partial charge in [-0.2, -0.15) is 5.26 Å². The molecule has 0 saturated carbocycles. The molecule has 17 heavy (non-hydrogen) atoms. The maximum absolute atomic E-state index is 13.6. The highest BCUT2D eigenvalue weighted by molar-refractivity contribution is 7.91. The molecule has 0 fully saturated rings. The fraction of sp³-hybridized carbons (Fsp3) is 0.333. The molecule has 0 aliphatic carbocycles. The van der Waals surface area contributed by atoms with Crippen LogP contribution in [-0.4, -0.2) is 15.5 Å². The van der Waals surface area contributed by atoms with Crippen LogP contribution in [0.3, 0.4) is 0 Å². The van der Waals surface area contributed by atoms with Crippen molar-refractivity contribution in [3.8, 4) is 6.07 Å². The van der Waals surface area contributed by atoms with Crippen molar-refractivity contribution in [2.24, 2.45) is 4.40 Å². The summed E-state index contributed by atoms with van der Waals surface area (Å²) in [5.74, 6) is -0.635. The molecule has 1 aromatic carbocycles. The molecule has 0 aliphatic heterocycles. The SMILES string of the molecule is CC(C)(C)[S@+]([O-])/N=C/c1cccc(C#N)c1F. The van der Waals surface area contributed by atoms with E-state index in [0.29, 0.717) is 0 Å². The van der Waals surface area contributed by atoms with Crippen LogP contribution < -0.4 is 0 Å². The Bertz CT molecular complexity index is 474. The first-order valence-corrected chi connectivity index (χ1v) is 6.11. The summed E-state index contributed by atoms with van der Waals surface area (Å²) in [6.45, 7) is 5.34. The molecule has 0 unspecified atom stereocenters. The Labute approximate surface area is 103 Å². The molecular weight excluding hydrogens is 239 g/mol. The molecule has 1 rings (SSSR count). The third kappa shape index (κ3) is 3.55. The third-order valence-corrected chi connectivity index (χ3v) is 3.31. The summed E-state index contributed by atoms with van der Waals surface area (Å²) in [5.41, 5.74) is 0.122. The summed E-state index contributed by atoms with van der Waals surface area (Å²) in [6.07, 6.45) is 1.21. The zero-order valence-electron chi connectivity index (χ0n) is 9.90. The van der Waals surface area contributed by atoms with Crippen molar-refractivity contribution in [1.29, 1.82) is 5.26 Å². The molecule has 0 heterocycles. The summed E-state index contributed by atoms with van der Waals surface area (Å²) in [7, 11) is 0. The molecule has 0 spiro atoms. The molecule has 90 valence electrons. The first-order chi connectivity index (χ1) is 7.86. The summed E-state index contributed by atoms with van der Waals surface area (Å²) >= 11 is -1.43. The lowest BCUT2D eigenvalue weighted by molar-refractivity contribution is 0.561. The highest BCUT2D eigenvalue weighted by Crippen LogP contribution is 2.17. The van der Waals surface area contributed by atoms with Crippen molar-refractivity contribution in [3.05, 3.63) is 35.1 Å². The molecular formula is C12H13FN2OS. The lowest BCUT2D eigenvalue weighted by Gasteiger charge is -2.17. The van der Waals surface area contributed by atoms with Crippen LogP contribution in [0.5, 0.6) is 0 Å². The Kier molecular flexibility index (Phi) is 4.27. The topological polar surface area (TPSA) is 59.2 Å². The maximum atomic E-state index is 13.6. The van der Waals surface area contributed by atoms with E-state index in [1.165, 1.54) is 18.3 Å². The summed E-state index contributed by atoms with van der Waals surface area (Å²) in [6, 6.07) is 6.17. The van der Waals surface area contributed by atoms with E-state index in [1.54, 1.807) is 32.9 Å². The van der Waals surface area contributed by atoms with Gasteiger partial charge in [0.25, 0.3) is 0 Å². The first-order valence-electron chi connectivity index (χ1n) is 5.01. The summed E-state index contributed by atoms with van der Waals surface area (Å²) in [5, 5.41) is 8.66. The van der Waals surface area contributed by atoms with E-state index >= 15 is 0 Å². The van der Waals surface area contributed by atoms with E-state index in [-0.39, 0.29) is 11.1 Å². The Morgan fingerprint density at radius 3 is 2.65 bits per heavy atom. The van der Waals surface area contributed by atoms with Gasteiger partial charge >= 0.3 is 0 Å². The van der Waals surface area contributed by atoms with Gasteiger partial charge in [0.05, 0.1) is 11.8 Å². The predicted molar refractivity (Wildman–Crippen MR) is 66.6 cm³/mol. The van der Waals surface area contributed by atoms with Gasteiger partial charge in [-0.25, -0.2) is 4.39 Å². The lowest BCUT2D eigenvalue weighted by Crippen LogP contribution is -2.25. The van der Waals surface area contributed by atoms with Crippen LogP contribution in [0.2, 0.25) is 0 Å². The van der Waals surface area contributed by atoms with Gasteiger partial charge in [0, 0.05) is 5.56 Å². The zero-order valence-corrected chi connectivity index (χ0v) is 10.7. The van der Waals surface area contributed by atoms with Crippen LogP contribution in [-0.2, 0) is 11.4 Å². The molecule has 0 bridgehead atoms. The molecule has 0 amide bonds. The van der Waals surface area contributed by atoms with E-state index in [1.807, 2.05) is 0 Å². The van der Waals surface area contributed by atoms with Gasteiger partial charge in [-0.1, -0.05) is 16.5 Å². The first kappa shape index (κ1) is 13.7. The number of halogens is 1. The second-order valence-corrected chi connectivity index (χ2v) is 6.35.